The second kappa shape index (κ2) is 15.1. The number of rotatable bonds is 11. The molecule has 1 N–H and O–H groups in total. The number of amides is 1. The highest BCUT2D eigenvalue weighted by molar-refractivity contribution is 8.00. The molecule has 3 saturated carbocycles. The molecular formula is C43H53N2O5S+. The van der Waals surface area contributed by atoms with Crippen molar-refractivity contribution in [3.8, 4) is 0 Å². The van der Waals surface area contributed by atoms with E-state index in [2.05, 4.69) is 27.4 Å². The second-order valence-electron chi connectivity index (χ2n) is 15.8. The van der Waals surface area contributed by atoms with Crippen LogP contribution in [0, 0.1) is 34.0 Å². The molecule has 0 spiro atoms. The first-order chi connectivity index (χ1) is 24.4. The smallest absolute Gasteiger partial charge is 0.316 e. The number of aliphatic hydroxyl groups is 1. The molecule has 1 amide bonds. The van der Waals surface area contributed by atoms with Gasteiger partial charge in [0, 0.05) is 53.3 Å². The number of nitrogens with zero attached hydrogens (tertiary/aromatic N) is 2. The Bertz CT molecular complexity index is 1680. The van der Waals surface area contributed by atoms with Crippen LogP contribution in [0.5, 0.6) is 0 Å². The Labute approximate surface area is 307 Å². The van der Waals surface area contributed by atoms with Gasteiger partial charge in [-0.1, -0.05) is 94.4 Å². The number of carbonyl (C=O) groups excluding carboxylic acids is 3. The van der Waals surface area contributed by atoms with Gasteiger partial charge in [-0.15, -0.1) is 18.3 Å². The van der Waals surface area contributed by atoms with Crippen LogP contribution in [-0.4, -0.2) is 45.6 Å². The highest BCUT2D eigenvalue weighted by Crippen LogP contribution is 2.68. The van der Waals surface area contributed by atoms with E-state index in [4.69, 9.17) is 4.74 Å². The van der Waals surface area contributed by atoms with Crippen molar-refractivity contribution in [1.82, 2.24) is 4.90 Å². The lowest BCUT2D eigenvalue weighted by Crippen LogP contribution is -2.63. The number of Topliss-reactive ketones (excluding diaryl/α,β-unsaturated/α-hetero) is 1. The van der Waals surface area contributed by atoms with Crippen LogP contribution in [0.1, 0.15) is 70.9 Å². The zero-order chi connectivity index (χ0) is 36.4. The summed E-state index contributed by atoms with van der Waals surface area (Å²) in [6, 6.07) is 23.9. The number of benzene rings is 2. The molecule has 0 radical (unpaired) electrons. The Morgan fingerprint density at radius 3 is 2.18 bits per heavy atom. The largest absolute Gasteiger partial charge is 0.461 e. The molecule has 6 rings (SSSR count). The molecule has 0 saturated heterocycles. The number of aliphatic hydroxyl groups excluding tert-OH is 1. The summed E-state index contributed by atoms with van der Waals surface area (Å²) in [5.41, 5.74) is 0.645. The van der Waals surface area contributed by atoms with Crippen LogP contribution < -0.4 is 4.57 Å². The monoisotopic (exact) mass is 709 g/mol. The molecule has 0 unspecified atom stereocenters. The molecule has 7 nitrogen and oxygen atoms in total. The summed E-state index contributed by atoms with van der Waals surface area (Å²) >= 11 is 1.39. The number of thioether (sulfide) groups is 1. The van der Waals surface area contributed by atoms with Crippen LogP contribution >= 0.6 is 11.8 Å². The van der Waals surface area contributed by atoms with Gasteiger partial charge in [-0.3, -0.25) is 14.4 Å². The van der Waals surface area contributed by atoms with Crippen molar-refractivity contribution >= 4 is 29.4 Å². The van der Waals surface area contributed by atoms with Crippen molar-refractivity contribution in [1.29, 1.82) is 0 Å². The lowest BCUT2D eigenvalue weighted by molar-refractivity contribution is -0.685. The lowest BCUT2D eigenvalue weighted by Gasteiger charge is -2.61. The first-order valence-electron chi connectivity index (χ1n) is 18.4. The van der Waals surface area contributed by atoms with Gasteiger partial charge in [-0.05, 0) is 54.1 Å². The quantitative estimate of drug-likeness (QED) is 0.0981. The van der Waals surface area contributed by atoms with Gasteiger partial charge < -0.3 is 14.7 Å². The SMILES string of the molecule is C=C[C@]1(C)C[C@@H](OC(=O)CSc2cc[n+](CC(=O)N(Cc3ccccc3)Cc3ccccc3)cc2)[C@]2(C)[C@H](C)CC[C@]3(CCC(=O)[C@H]32)[C@@H](C)[C@@H]1O. The van der Waals surface area contributed by atoms with Crippen molar-refractivity contribution in [2.24, 2.45) is 34.0 Å². The third-order valence-corrected chi connectivity index (χ3v) is 13.9. The molecule has 3 aliphatic rings. The number of hydrogen-bond acceptors (Lipinski definition) is 6. The van der Waals surface area contributed by atoms with E-state index in [1.54, 1.807) is 0 Å². The number of hydrogen-bond donors (Lipinski definition) is 1. The summed E-state index contributed by atoms with van der Waals surface area (Å²) in [6.45, 7) is 13.8. The Balaban J connectivity index is 1.12. The van der Waals surface area contributed by atoms with E-state index >= 15 is 0 Å². The van der Waals surface area contributed by atoms with Crippen LogP contribution in [0.15, 0.2) is 103 Å². The van der Waals surface area contributed by atoms with Gasteiger partial charge >= 0.3 is 5.97 Å². The minimum Gasteiger partial charge on any atom is -0.461 e. The third-order valence-electron chi connectivity index (χ3n) is 12.9. The number of ketones is 1. The highest BCUT2D eigenvalue weighted by Gasteiger charge is 2.68. The van der Waals surface area contributed by atoms with Gasteiger partial charge in [0.1, 0.15) is 11.9 Å². The summed E-state index contributed by atoms with van der Waals surface area (Å²) in [7, 11) is 0. The molecule has 3 aromatic rings. The van der Waals surface area contributed by atoms with E-state index in [0.717, 1.165) is 35.3 Å². The second-order valence-corrected chi connectivity index (χ2v) is 16.8. The molecule has 0 aliphatic heterocycles. The van der Waals surface area contributed by atoms with Crippen LogP contribution in [0.4, 0.5) is 0 Å². The standard InChI is InChI=1S/C43H53N2O5S/c1-6-41(4)25-36(42(5)30(2)17-21-43(31(3)40(41)49)22-18-35(46)39(42)43)50-38(48)29-51-34-19-23-44(24-20-34)28-37(47)45(26-32-13-9-7-10-14-32)27-33-15-11-8-12-16-33/h6-16,19-20,23-24,30-31,36,39-40,49H,1,17-18,21-22,25-29H2,2-5H3/q+1/t30-,31+,36-,39+,40+,41-,42+,43+/m1/s1. The van der Waals surface area contributed by atoms with Crippen molar-refractivity contribution < 1.29 is 28.8 Å². The molecule has 1 heterocycles. The van der Waals surface area contributed by atoms with Gasteiger partial charge in [0.05, 0.1) is 11.9 Å². The van der Waals surface area contributed by atoms with Gasteiger partial charge in [-0.2, -0.15) is 4.57 Å². The molecule has 8 heteroatoms. The summed E-state index contributed by atoms with van der Waals surface area (Å²) in [5, 5.41) is 11.8. The normalized spacial score (nSPS) is 31.5. The van der Waals surface area contributed by atoms with Crippen molar-refractivity contribution in [3.63, 3.8) is 0 Å². The van der Waals surface area contributed by atoms with Gasteiger partial charge in [0.25, 0.3) is 5.91 Å². The Morgan fingerprint density at radius 1 is 0.980 bits per heavy atom. The topological polar surface area (TPSA) is 87.8 Å². The number of pyridine rings is 1. The first kappa shape index (κ1) is 37.0. The van der Waals surface area contributed by atoms with Gasteiger partial charge in [0.2, 0.25) is 6.54 Å². The summed E-state index contributed by atoms with van der Waals surface area (Å²) in [5.74, 6) is -0.0941. The number of ether oxygens (including phenoxy) is 1. The van der Waals surface area contributed by atoms with E-state index in [-0.39, 0.29) is 53.1 Å². The van der Waals surface area contributed by atoms with E-state index in [9.17, 15) is 19.5 Å². The summed E-state index contributed by atoms with van der Waals surface area (Å²) in [6.07, 6.45) is 7.90. The Kier molecular flexibility index (Phi) is 10.9. The van der Waals surface area contributed by atoms with Gasteiger partial charge in [-0.25, -0.2) is 0 Å². The molecule has 51 heavy (non-hydrogen) atoms. The molecule has 3 aliphatic carbocycles. The minimum absolute atomic E-state index is 0.0112. The fourth-order valence-electron chi connectivity index (χ4n) is 9.58. The number of carbonyl (C=O) groups is 3. The predicted molar refractivity (Wildman–Crippen MR) is 199 cm³/mol. The van der Waals surface area contributed by atoms with Crippen LogP contribution in [0.2, 0.25) is 0 Å². The molecule has 3 fully saturated rings. The molecule has 2 bridgehead atoms. The molecule has 8 atom stereocenters. The predicted octanol–water partition coefficient (Wildman–Crippen LogP) is 7.20. The maximum atomic E-state index is 13.7. The Hall–Kier alpha value is -3.75. The van der Waals surface area contributed by atoms with Crippen molar-refractivity contribution in [3.05, 3.63) is 109 Å². The van der Waals surface area contributed by atoms with E-state index < -0.39 is 23.0 Å². The number of aromatic nitrogens is 1. The molecule has 2 aromatic carbocycles. The molecular weight excluding hydrogens is 657 g/mol. The molecule has 1 aromatic heterocycles. The lowest BCUT2D eigenvalue weighted by atomic mass is 9.44. The minimum atomic E-state index is -0.691. The van der Waals surface area contributed by atoms with E-state index in [1.165, 1.54) is 11.8 Å². The maximum absolute atomic E-state index is 13.7. The average molecular weight is 710 g/mol. The molecule has 270 valence electrons. The summed E-state index contributed by atoms with van der Waals surface area (Å²) in [4.78, 5) is 43.6. The zero-order valence-corrected chi connectivity index (χ0v) is 31.3. The van der Waals surface area contributed by atoms with Crippen molar-refractivity contribution in [2.75, 3.05) is 5.75 Å². The van der Waals surface area contributed by atoms with E-state index in [0.29, 0.717) is 25.9 Å². The fourth-order valence-corrected chi connectivity index (χ4v) is 10.2. The average Bonchev–Trinajstić information content (AvgIpc) is 3.50. The number of esters is 1. The Morgan fingerprint density at radius 2 is 1.59 bits per heavy atom. The fraction of sp³-hybridized carbons (Fsp3) is 0.488. The summed E-state index contributed by atoms with van der Waals surface area (Å²) < 4.78 is 8.28. The van der Waals surface area contributed by atoms with E-state index in [1.807, 2.05) is 108 Å². The maximum Gasteiger partial charge on any atom is 0.316 e. The van der Waals surface area contributed by atoms with Crippen LogP contribution in [0.25, 0.3) is 0 Å². The highest BCUT2D eigenvalue weighted by atomic mass is 32.2. The van der Waals surface area contributed by atoms with Crippen LogP contribution in [-0.2, 0) is 38.8 Å². The third kappa shape index (κ3) is 7.32. The van der Waals surface area contributed by atoms with Gasteiger partial charge in [0.15, 0.2) is 12.4 Å². The van der Waals surface area contributed by atoms with Crippen molar-refractivity contribution in [2.45, 2.75) is 96.5 Å². The van der Waals surface area contributed by atoms with Crippen LogP contribution in [0.3, 0.4) is 0 Å². The zero-order valence-electron chi connectivity index (χ0n) is 30.5. The first-order valence-corrected chi connectivity index (χ1v) is 19.4.